The molecule has 0 amide bonds. The van der Waals surface area contributed by atoms with Gasteiger partial charge >= 0.3 is 0 Å². The van der Waals surface area contributed by atoms with Gasteiger partial charge in [-0.05, 0) is 42.3 Å². The Kier molecular flexibility index (Phi) is 5.43. The lowest BCUT2D eigenvalue weighted by atomic mass is 10.00. The zero-order chi connectivity index (χ0) is 16.8. The molecule has 0 aliphatic carbocycles. The van der Waals surface area contributed by atoms with E-state index in [9.17, 15) is 14.9 Å². The van der Waals surface area contributed by atoms with Gasteiger partial charge in [0, 0.05) is 13.2 Å². The maximum Gasteiger partial charge on any atom is 0.280 e. The van der Waals surface area contributed by atoms with Crippen LogP contribution >= 0.6 is 0 Å². The fraction of sp³-hybridized carbons (Fsp3) is 0.235. The normalized spacial score (nSPS) is 10.3. The Labute approximate surface area is 133 Å². The molecular formula is C17H17NO5. The van der Waals surface area contributed by atoms with Crippen LogP contribution in [0.3, 0.4) is 0 Å². The summed E-state index contributed by atoms with van der Waals surface area (Å²) in [6.07, 6.45) is 0. The second kappa shape index (κ2) is 7.51. The highest BCUT2D eigenvalue weighted by Crippen LogP contribution is 2.28. The van der Waals surface area contributed by atoms with Gasteiger partial charge in [0.2, 0.25) is 0 Å². The first-order valence-corrected chi connectivity index (χ1v) is 7.04. The number of nitrogens with zero attached hydrogens (tertiary/aromatic N) is 1. The van der Waals surface area contributed by atoms with Crippen LogP contribution in [0.4, 0.5) is 5.69 Å². The monoisotopic (exact) mass is 315 g/mol. The molecule has 0 N–H and O–H groups in total. The third-order valence-corrected chi connectivity index (χ3v) is 3.32. The van der Waals surface area contributed by atoms with E-state index in [-0.39, 0.29) is 17.0 Å². The van der Waals surface area contributed by atoms with E-state index in [1.165, 1.54) is 13.0 Å². The highest BCUT2D eigenvalue weighted by molar-refractivity contribution is 5.99. The van der Waals surface area contributed by atoms with Crippen LogP contribution in [0.25, 0.3) is 11.1 Å². The summed E-state index contributed by atoms with van der Waals surface area (Å²) in [7, 11) is 1.60. The van der Waals surface area contributed by atoms with E-state index in [2.05, 4.69) is 0 Å². The summed E-state index contributed by atoms with van der Waals surface area (Å²) in [5.74, 6) is 0.373. The third kappa shape index (κ3) is 4.14. The predicted octanol–water partition coefficient (Wildman–Crippen LogP) is 3.49. The van der Waals surface area contributed by atoms with Gasteiger partial charge in [0.05, 0.1) is 17.1 Å². The van der Waals surface area contributed by atoms with E-state index >= 15 is 0 Å². The molecule has 0 aromatic heterocycles. The van der Waals surface area contributed by atoms with Gasteiger partial charge in [0.25, 0.3) is 5.69 Å². The molecule has 0 bridgehead atoms. The molecule has 23 heavy (non-hydrogen) atoms. The summed E-state index contributed by atoms with van der Waals surface area (Å²) in [5, 5.41) is 11.0. The summed E-state index contributed by atoms with van der Waals surface area (Å²) >= 11 is 0. The standard InChI is InChI=1S/C17H17NO5/c1-12(19)16-11-14(5-8-17(16)18(20)21)13-3-6-15(7-4-13)23-10-9-22-2/h3-8,11H,9-10H2,1-2H3. The van der Waals surface area contributed by atoms with Crippen LogP contribution in [0.2, 0.25) is 0 Å². The van der Waals surface area contributed by atoms with Crippen molar-refractivity contribution < 1.29 is 19.2 Å². The van der Waals surface area contributed by atoms with Crippen molar-refractivity contribution in [2.75, 3.05) is 20.3 Å². The van der Waals surface area contributed by atoms with Crippen LogP contribution < -0.4 is 4.74 Å². The van der Waals surface area contributed by atoms with Gasteiger partial charge in [-0.1, -0.05) is 12.1 Å². The number of Topliss-reactive ketones (excluding diaryl/α,β-unsaturated/α-hetero) is 1. The number of nitro groups is 1. The van der Waals surface area contributed by atoms with Gasteiger partial charge in [-0.3, -0.25) is 14.9 Å². The number of rotatable bonds is 7. The first-order chi connectivity index (χ1) is 11.0. The molecule has 6 nitrogen and oxygen atoms in total. The molecule has 0 aliphatic heterocycles. The van der Waals surface area contributed by atoms with Crippen molar-refractivity contribution in [3.63, 3.8) is 0 Å². The lowest BCUT2D eigenvalue weighted by Gasteiger charge is -2.08. The van der Waals surface area contributed by atoms with E-state index < -0.39 is 4.92 Å². The van der Waals surface area contributed by atoms with Gasteiger partial charge in [0.1, 0.15) is 12.4 Å². The van der Waals surface area contributed by atoms with Crippen molar-refractivity contribution in [2.45, 2.75) is 6.92 Å². The maximum atomic E-state index is 11.6. The van der Waals surface area contributed by atoms with Gasteiger partial charge in [-0.2, -0.15) is 0 Å². The summed E-state index contributed by atoms with van der Waals surface area (Å²) < 4.78 is 10.4. The maximum absolute atomic E-state index is 11.6. The molecule has 120 valence electrons. The first kappa shape index (κ1) is 16.6. The quantitative estimate of drug-likeness (QED) is 0.338. The Hall–Kier alpha value is -2.73. The van der Waals surface area contributed by atoms with Gasteiger partial charge in [0.15, 0.2) is 5.78 Å². The van der Waals surface area contributed by atoms with E-state index in [0.717, 1.165) is 11.1 Å². The molecule has 2 aromatic carbocycles. The van der Waals surface area contributed by atoms with E-state index in [1.807, 2.05) is 12.1 Å². The fourth-order valence-corrected chi connectivity index (χ4v) is 2.14. The van der Waals surface area contributed by atoms with Crippen LogP contribution in [0.15, 0.2) is 42.5 Å². The molecule has 2 rings (SSSR count). The lowest BCUT2D eigenvalue weighted by Crippen LogP contribution is -2.04. The second-order valence-corrected chi connectivity index (χ2v) is 4.91. The van der Waals surface area contributed by atoms with Crippen LogP contribution in [0, 0.1) is 10.1 Å². The van der Waals surface area contributed by atoms with Crippen molar-refractivity contribution in [3.05, 3.63) is 58.1 Å². The molecule has 6 heteroatoms. The molecule has 0 radical (unpaired) electrons. The van der Waals surface area contributed by atoms with Crippen LogP contribution in [0.5, 0.6) is 5.75 Å². The molecule has 0 saturated heterocycles. The van der Waals surface area contributed by atoms with Crippen molar-refractivity contribution >= 4 is 11.5 Å². The van der Waals surface area contributed by atoms with Gasteiger partial charge in [-0.25, -0.2) is 0 Å². The smallest absolute Gasteiger partial charge is 0.280 e. The number of hydrogen-bond donors (Lipinski definition) is 0. The van der Waals surface area contributed by atoms with Crippen LogP contribution in [-0.2, 0) is 4.74 Å². The average Bonchev–Trinajstić information content (AvgIpc) is 2.55. The summed E-state index contributed by atoms with van der Waals surface area (Å²) in [6.45, 7) is 2.28. The molecule has 0 heterocycles. The Balaban J connectivity index is 2.26. The van der Waals surface area contributed by atoms with Gasteiger partial charge < -0.3 is 9.47 Å². The fourth-order valence-electron chi connectivity index (χ4n) is 2.14. The topological polar surface area (TPSA) is 78.7 Å². The first-order valence-electron chi connectivity index (χ1n) is 7.04. The molecule has 0 spiro atoms. The Bertz CT molecular complexity index is 709. The number of methoxy groups -OCH3 is 1. The number of benzene rings is 2. The largest absolute Gasteiger partial charge is 0.491 e. The van der Waals surface area contributed by atoms with E-state index in [1.54, 1.807) is 31.4 Å². The van der Waals surface area contributed by atoms with Crippen molar-refractivity contribution in [1.29, 1.82) is 0 Å². The molecule has 0 fully saturated rings. The zero-order valence-electron chi connectivity index (χ0n) is 12.9. The average molecular weight is 315 g/mol. The molecule has 0 unspecified atom stereocenters. The highest BCUT2D eigenvalue weighted by Gasteiger charge is 2.18. The number of ether oxygens (including phenoxy) is 2. The number of nitro benzene ring substituents is 1. The summed E-state index contributed by atoms with van der Waals surface area (Å²) in [6, 6.07) is 11.8. The minimum Gasteiger partial charge on any atom is -0.491 e. The lowest BCUT2D eigenvalue weighted by molar-refractivity contribution is -0.385. The van der Waals surface area contributed by atoms with Crippen LogP contribution in [0.1, 0.15) is 17.3 Å². The van der Waals surface area contributed by atoms with Crippen molar-refractivity contribution in [2.24, 2.45) is 0 Å². The molecule has 0 aliphatic rings. The second-order valence-electron chi connectivity index (χ2n) is 4.91. The number of carbonyl (C=O) groups excluding carboxylic acids is 1. The molecular weight excluding hydrogens is 298 g/mol. The minimum atomic E-state index is -0.548. The predicted molar refractivity (Wildman–Crippen MR) is 85.9 cm³/mol. The highest BCUT2D eigenvalue weighted by atomic mass is 16.6. The number of ketones is 1. The Morgan fingerprint density at radius 1 is 1.09 bits per heavy atom. The SMILES string of the molecule is COCCOc1ccc(-c2ccc([N+](=O)[O-])c(C(C)=O)c2)cc1. The van der Waals surface area contributed by atoms with E-state index in [4.69, 9.17) is 9.47 Å². The molecule has 0 atom stereocenters. The molecule has 2 aromatic rings. The Morgan fingerprint density at radius 2 is 1.74 bits per heavy atom. The Morgan fingerprint density at radius 3 is 2.30 bits per heavy atom. The van der Waals surface area contributed by atoms with E-state index in [0.29, 0.717) is 19.0 Å². The van der Waals surface area contributed by atoms with Gasteiger partial charge in [-0.15, -0.1) is 0 Å². The molecule has 0 saturated carbocycles. The number of hydrogen-bond acceptors (Lipinski definition) is 5. The zero-order valence-corrected chi connectivity index (χ0v) is 12.9. The van der Waals surface area contributed by atoms with Crippen molar-refractivity contribution in [1.82, 2.24) is 0 Å². The number of carbonyl (C=O) groups is 1. The minimum absolute atomic E-state index is 0.105. The van der Waals surface area contributed by atoms with Crippen molar-refractivity contribution in [3.8, 4) is 16.9 Å². The third-order valence-electron chi connectivity index (χ3n) is 3.32. The summed E-state index contributed by atoms with van der Waals surface area (Å²) in [5.41, 5.74) is 1.51. The summed E-state index contributed by atoms with van der Waals surface area (Å²) in [4.78, 5) is 22.0. The van der Waals surface area contributed by atoms with Crippen LogP contribution in [-0.4, -0.2) is 31.0 Å².